The van der Waals surface area contributed by atoms with Gasteiger partial charge in [-0.1, -0.05) is 133 Å². The second-order valence-corrected chi connectivity index (χ2v) is 13.8. The Bertz CT molecular complexity index is 4360. The molecule has 0 radical (unpaired) electrons. The van der Waals surface area contributed by atoms with Crippen molar-refractivity contribution in [1.29, 1.82) is 0 Å². The molecule has 0 fully saturated rings. The lowest BCUT2D eigenvalue weighted by atomic mass is 10.00. The van der Waals surface area contributed by atoms with Crippen LogP contribution in [0.2, 0.25) is 0 Å². The van der Waals surface area contributed by atoms with Crippen LogP contribution in [0, 0.1) is 0 Å². The number of para-hydroxylation sites is 4. The molecule has 0 saturated heterocycles. The van der Waals surface area contributed by atoms with Crippen LogP contribution in [0.3, 0.4) is 0 Å². The van der Waals surface area contributed by atoms with Crippen LogP contribution in [0.15, 0.2) is 212 Å². The fourth-order valence-corrected chi connectivity index (χ4v) is 8.24. The van der Waals surface area contributed by atoms with Crippen molar-refractivity contribution in [3.05, 3.63) is 212 Å². The average molecular weight is 741 g/mol. The molecular weight excluding hydrogens is 691 g/mol. The van der Waals surface area contributed by atoms with E-state index in [-0.39, 0.29) is 127 Å². The van der Waals surface area contributed by atoms with Crippen molar-refractivity contribution in [3.8, 4) is 39.3 Å². The molecule has 0 atom stereocenters. The highest BCUT2D eigenvalue weighted by atomic mass is 15.0. The van der Waals surface area contributed by atoms with E-state index in [1.165, 1.54) is 34.9 Å². The summed E-state index contributed by atoms with van der Waals surface area (Å²) in [7, 11) is 0. The first-order valence-corrected chi connectivity index (χ1v) is 18.4. The monoisotopic (exact) mass is 740 g/mol. The fraction of sp³-hybridized carbons (Fsp3) is 0. The first kappa shape index (κ1) is 20.3. The van der Waals surface area contributed by atoms with Crippen LogP contribution in [0.4, 0.5) is 0 Å². The van der Waals surface area contributed by atoms with Crippen molar-refractivity contribution in [2.24, 2.45) is 0 Å². The molecule has 3 nitrogen and oxygen atoms in total. The van der Waals surface area contributed by atoms with Gasteiger partial charge in [0, 0.05) is 49.4 Å². The van der Waals surface area contributed by atoms with Crippen molar-refractivity contribution >= 4 is 65.4 Å². The van der Waals surface area contributed by atoms with E-state index in [0.29, 0.717) is 45.1 Å². The van der Waals surface area contributed by atoms with Crippen molar-refractivity contribution in [2.45, 2.75) is 0 Å². The molecule has 12 aromatic rings. The quantitative estimate of drug-likeness (QED) is 0.167. The van der Waals surface area contributed by atoms with Gasteiger partial charge in [-0.15, -0.1) is 0 Å². The lowest BCUT2D eigenvalue weighted by molar-refractivity contribution is 1.17. The smallest absolute Gasteiger partial charge is 0.0645 e. The molecule has 0 saturated carbocycles. The minimum Gasteiger partial charge on any atom is -0.309 e. The van der Waals surface area contributed by atoms with Crippen molar-refractivity contribution in [2.75, 3.05) is 0 Å². The van der Waals surface area contributed by atoms with Gasteiger partial charge in [0.05, 0.1) is 53.7 Å². The Morgan fingerprint density at radius 3 is 1.72 bits per heavy atom. The van der Waals surface area contributed by atoms with Crippen LogP contribution in [0.5, 0.6) is 0 Å². The zero-order chi connectivity index (χ0) is 50.5. The highest BCUT2D eigenvalue weighted by Gasteiger charge is 2.22. The van der Waals surface area contributed by atoms with Crippen molar-refractivity contribution < 1.29 is 20.6 Å². The molecule has 0 bridgehead atoms. The molecule has 3 aromatic heterocycles. The van der Waals surface area contributed by atoms with E-state index in [1.807, 2.05) is 41.0 Å². The highest BCUT2D eigenvalue weighted by Crippen LogP contribution is 2.44. The van der Waals surface area contributed by atoms with E-state index in [9.17, 15) is 9.60 Å². The molecule has 0 aliphatic rings. The molecule has 12 rings (SSSR count). The van der Waals surface area contributed by atoms with Crippen LogP contribution in [0.1, 0.15) is 20.6 Å². The van der Waals surface area contributed by atoms with Gasteiger partial charge < -0.3 is 13.7 Å². The van der Waals surface area contributed by atoms with Gasteiger partial charge in [0.2, 0.25) is 0 Å². The zero-order valence-electron chi connectivity index (χ0n) is 44.9. The lowest BCUT2D eigenvalue weighted by Crippen LogP contribution is -1.96. The number of hydrogen-bond acceptors (Lipinski definition) is 0. The SMILES string of the molecule is [2H]c1ccc(-c2cccc(-n3c4ccc(-c5c([2H])c([2H])c6c(c5[2H])c5cc([2H])c([2H])c([2H])c5n6-c5ccc([2H])cc5)cc4c4c([2H])c([2H])c5c(c6c([2H])c([2H])c([2H])c([2H])c6n5-c5ccc([2H])cc5)c43)c2)cc1. The van der Waals surface area contributed by atoms with Gasteiger partial charge in [0.15, 0.2) is 0 Å². The number of rotatable bonds is 5. The molecule has 0 spiro atoms. The molecule has 9 aromatic carbocycles. The summed E-state index contributed by atoms with van der Waals surface area (Å²) in [5.41, 5.74) is 4.70. The maximum Gasteiger partial charge on any atom is 0.0645 e. The van der Waals surface area contributed by atoms with E-state index in [0.717, 1.165) is 11.1 Å². The van der Waals surface area contributed by atoms with Gasteiger partial charge in [-0.2, -0.15) is 0 Å². The lowest BCUT2D eigenvalue weighted by Gasteiger charge is -2.12. The first-order chi connectivity index (χ1) is 34.5. The Labute approximate surface area is 350 Å². The second-order valence-electron chi connectivity index (χ2n) is 13.8. The second kappa shape index (κ2) is 12.5. The number of aromatic nitrogens is 3. The molecular formula is C54H35N3. The van der Waals surface area contributed by atoms with Gasteiger partial charge in [0.25, 0.3) is 0 Å². The number of nitrogens with zero attached hydrogens (tertiary/aromatic N) is 3. The van der Waals surface area contributed by atoms with E-state index in [1.54, 1.807) is 59.2 Å². The van der Waals surface area contributed by atoms with Gasteiger partial charge in [-0.05, 0) is 101 Å². The maximum atomic E-state index is 9.93. The molecule has 3 heterocycles. The Hall–Kier alpha value is -7.62. The number of hydrogen-bond donors (Lipinski definition) is 0. The summed E-state index contributed by atoms with van der Waals surface area (Å²) in [5, 5.41) is 1.44. The van der Waals surface area contributed by atoms with Gasteiger partial charge in [0.1, 0.15) is 0 Å². The minimum atomic E-state index is -0.496. The summed E-state index contributed by atoms with van der Waals surface area (Å²) >= 11 is 0. The molecule has 3 heteroatoms. The Balaban J connectivity index is 1.25. The fourth-order valence-electron chi connectivity index (χ4n) is 8.24. The normalized spacial score (nSPS) is 15.5. The van der Waals surface area contributed by atoms with E-state index in [4.69, 9.17) is 11.0 Å². The molecule has 0 aliphatic carbocycles. The van der Waals surface area contributed by atoms with Crippen LogP contribution in [-0.4, -0.2) is 13.7 Å². The third kappa shape index (κ3) is 4.79. The van der Waals surface area contributed by atoms with E-state index in [2.05, 4.69) is 0 Å². The molecule has 0 amide bonds. The van der Waals surface area contributed by atoms with Gasteiger partial charge >= 0.3 is 0 Å². The minimum absolute atomic E-state index is 0.0333. The van der Waals surface area contributed by atoms with Crippen LogP contribution in [0.25, 0.3) is 105 Å². The van der Waals surface area contributed by atoms with Crippen LogP contribution in [-0.2, 0) is 0 Å². The first-order valence-electron chi connectivity index (χ1n) is 25.9. The molecule has 266 valence electrons. The summed E-state index contributed by atoms with van der Waals surface area (Å²) in [4.78, 5) is 0. The summed E-state index contributed by atoms with van der Waals surface area (Å²) in [5.74, 6) is 0. The topological polar surface area (TPSA) is 14.8 Å². The molecule has 57 heavy (non-hydrogen) atoms. The Morgan fingerprint density at radius 1 is 0.316 bits per heavy atom. The van der Waals surface area contributed by atoms with Gasteiger partial charge in [-0.3, -0.25) is 0 Å². The predicted molar refractivity (Wildman–Crippen MR) is 240 cm³/mol. The summed E-state index contributed by atoms with van der Waals surface area (Å²) in [6, 6.07) is 30.6. The number of fused-ring (bicyclic) bond motifs is 10. The highest BCUT2D eigenvalue weighted by molar-refractivity contribution is 6.26. The Morgan fingerprint density at radius 2 is 0.930 bits per heavy atom. The summed E-state index contributed by atoms with van der Waals surface area (Å²) in [6.07, 6.45) is 0. The number of benzene rings is 9. The molecule has 0 aliphatic heterocycles. The molecule has 0 unspecified atom stereocenters. The summed E-state index contributed by atoms with van der Waals surface area (Å²) in [6.45, 7) is 0. The molecule has 0 N–H and O–H groups in total. The largest absolute Gasteiger partial charge is 0.309 e. The summed E-state index contributed by atoms with van der Waals surface area (Å²) < 4.78 is 141. The Kier molecular flexibility index (Phi) is 4.44. The van der Waals surface area contributed by atoms with E-state index < -0.39 is 12.1 Å². The maximum absolute atomic E-state index is 9.93. The van der Waals surface area contributed by atoms with Gasteiger partial charge in [-0.25, -0.2) is 0 Å². The van der Waals surface area contributed by atoms with E-state index >= 15 is 0 Å². The average Bonchev–Trinajstić information content (AvgIpc) is 4.03. The van der Waals surface area contributed by atoms with Crippen molar-refractivity contribution in [3.63, 3.8) is 0 Å². The third-order valence-electron chi connectivity index (χ3n) is 10.7. The van der Waals surface area contributed by atoms with Crippen molar-refractivity contribution in [1.82, 2.24) is 13.7 Å². The zero-order valence-corrected chi connectivity index (χ0v) is 29.9. The standard InChI is InChI=1S/C54H35N3/c1-4-15-36(16-5-1)37-17-14-22-42(33-37)57-51-31-28-39(38-27-30-50-46(34-38)43-23-10-12-25-48(43)55(50)40-18-6-2-7-19-40)35-47(51)44-29-32-52-53(54(44)57)45-24-11-13-26-49(45)56(52)41-20-8-3-9-21-41/h1-35H/i1D,2D,3D,10D,11D,12D,13D,24D,25D,26D,27D,29D,30D,32D,34D. The van der Waals surface area contributed by atoms with Crippen LogP contribution >= 0.6 is 0 Å². The third-order valence-corrected chi connectivity index (χ3v) is 10.7. The van der Waals surface area contributed by atoms with Crippen LogP contribution < -0.4 is 0 Å². The predicted octanol–water partition coefficient (Wildman–Crippen LogP) is 14.3.